The average molecular weight is 386 g/mol. The number of imidazole rings is 1. The van der Waals surface area contributed by atoms with Gasteiger partial charge in [0.25, 0.3) is 5.91 Å². The first-order chi connectivity index (χ1) is 13.4. The Balaban J connectivity index is 1.86. The van der Waals surface area contributed by atoms with Crippen molar-refractivity contribution in [2.24, 2.45) is 0 Å². The molecule has 1 aromatic carbocycles. The van der Waals surface area contributed by atoms with Crippen LogP contribution in [0.15, 0.2) is 36.5 Å². The summed E-state index contributed by atoms with van der Waals surface area (Å²) in [6, 6.07) is 7.75. The van der Waals surface area contributed by atoms with Crippen molar-refractivity contribution in [2.45, 2.75) is 38.3 Å². The van der Waals surface area contributed by atoms with Gasteiger partial charge in [0.05, 0.1) is 18.7 Å². The number of hydrogen-bond acceptors (Lipinski definition) is 5. The number of hydrogen-bond donors (Lipinski definition) is 4. The third-order valence-corrected chi connectivity index (χ3v) is 3.99. The van der Waals surface area contributed by atoms with Crippen LogP contribution in [-0.2, 0) is 27.2 Å². The van der Waals surface area contributed by atoms with Crippen LogP contribution >= 0.6 is 0 Å². The Kier molecular flexibility index (Phi) is 7.44. The first-order valence-electron chi connectivity index (χ1n) is 8.75. The quantitative estimate of drug-likeness (QED) is 0.438. The second-order valence-electron chi connectivity index (χ2n) is 6.27. The lowest BCUT2D eigenvalue weighted by Gasteiger charge is -2.16. The fraction of sp³-hybridized carbons (Fsp3) is 0.316. The largest absolute Gasteiger partial charge is 0.481 e. The van der Waals surface area contributed by atoms with Gasteiger partial charge in [-0.15, -0.1) is 0 Å². The number of aliphatic carboxylic acids is 1. The van der Waals surface area contributed by atoms with E-state index in [9.17, 15) is 19.2 Å². The Morgan fingerprint density at radius 2 is 1.89 bits per heavy atom. The fourth-order valence-electron chi connectivity index (χ4n) is 2.48. The number of nitrogens with zero attached hydrogens (tertiary/aromatic N) is 1. The van der Waals surface area contributed by atoms with Gasteiger partial charge in [-0.1, -0.05) is 30.3 Å². The fourth-order valence-corrected chi connectivity index (χ4v) is 2.48. The number of rotatable bonds is 10. The van der Waals surface area contributed by atoms with Gasteiger partial charge < -0.3 is 25.5 Å². The highest BCUT2D eigenvalue weighted by atomic mass is 16.4. The van der Waals surface area contributed by atoms with Crippen LogP contribution in [0.4, 0.5) is 0 Å². The van der Waals surface area contributed by atoms with Crippen LogP contribution in [-0.4, -0.2) is 51.2 Å². The Hall–Kier alpha value is -3.49. The lowest BCUT2D eigenvalue weighted by molar-refractivity contribution is -0.138. The summed E-state index contributed by atoms with van der Waals surface area (Å²) in [5.74, 6) is -1.75. The summed E-state index contributed by atoms with van der Waals surface area (Å²) >= 11 is 0. The van der Waals surface area contributed by atoms with Crippen LogP contribution < -0.4 is 10.6 Å². The molecule has 0 aliphatic rings. The lowest BCUT2D eigenvalue weighted by atomic mass is 10.1. The molecule has 0 fully saturated rings. The van der Waals surface area contributed by atoms with Gasteiger partial charge in [0.2, 0.25) is 5.91 Å². The summed E-state index contributed by atoms with van der Waals surface area (Å²) in [6.07, 6.45) is 2.60. The number of aryl methyl sites for hydroxylation is 2. The van der Waals surface area contributed by atoms with Gasteiger partial charge in [-0.2, -0.15) is 0 Å². The zero-order valence-corrected chi connectivity index (χ0v) is 15.3. The number of carbonyl (C=O) groups is 4. The summed E-state index contributed by atoms with van der Waals surface area (Å²) in [7, 11) is 0. The number of H-pyrrole nitrogens is 1. The van der Waals surface area contributed by atoms with Crippen LogP contribution in [0, 0.1) is 0 Å². The molecule has 2 rings (SSSR count). The van der Waals surface area contributed by atoms with E-state index in [0.29, 0.717) is 18.5 Å². The van der Waals surface area contributed by atoms with Crippen LogP contribution in [0.5, 0.6) is 0 Å². The van der Waals surface area contributed by atoms with E-state index >= 15 is 0 Å². The van der Waals surface area contributed by atoms with Crippen molar-refractivity contribution >= 4 is 24.1 Å². The molecule has 0 saturated heterocycles. The average Bonchev–Trinajstić information content (AvgIpc) is 3.15. The van der Waals surface area contributed by atoms with E-state index < -0.39 is 36.3 Å². The van der Waals surface area contributed by atoms with Gasteiger partial charge in [-0.25, -0.2) is 4.98 Å². The Bertz CT molecular complexity index is 834. The Labute approximate surface area is 161 Å². The number of aldehydes is 1. The molecule has 9 nitrogen and oxygen atoms in total. The number of aromatic nitrogens is 2. The van der Waals surface area contributed by atoms with E-state index in [1.807, 2.05) is 30.3 Å². The van der Waals surface area contributed by atoms with Crippen LogP contribution in [0.1, 0.15) is 35.2 Å². The number of benzene rings is 1. The first-order valence-corrected chi connectivity index (χ1v) is 8.75. The van der Waals surface area contributed by atoms with Gasteiger partial charge in [0.1, 0.15) is 23.8 Å². The zero-order chi connectivity index (χ0) is 20.5. The molecule has 2 aromatic rings. The molecule has 0 aliphatic carbocycles. The normalized spacial score (nSPS) is 12.6. The maximum absolute atomic E-state index is 12.3. The number of nitrogens with one attached hydrogen (secondary N) is 3. The Morgan fingerprint density at radius 3 is 2.54 bits per heavy atom. The molecule has 0 aliphatic heterocycles. The van der Waals surface area contributed by atoms with E-state index in [1.165, 1.54) is 13.1 Å². The zero-order valence-electron chi connectivity index (χ0n) is 15.3. The van der Waals surface area contributed by atoms with Crippen LogP contribution in [0.25, 0.3) is 0 Å². The molecule has 0 saturated carbocycles. The van der Waals surface area contributed by atoms with Gasteiger partial charge >= 0.3 is 5.97 Å². The van der Waals surface area contributed by atoms with Gasteiger partial charge in [-0.3, -0.25) is 14.4 Å². The minimum Gasteiger partial charge on any atom is -0.481 e. The summed E-state index contributed by atoms with van der Waals surface area (Å²) in [5, 5.41) is 13.4. The second-order valence-corrected chi connectivity index (χ2v) is 6.27. The standard InChI is InChI=1S/C19H22N4O5/c1-12(18(27)22-14(11-24)9-17(25)26)21-19(28)15-10-20-16(23-15)8-7-13-5-3-2-4-6-13/h2-6,10-12,14H,7-9H2,1H3,(H,20,23)(H,21,28)(H,22,27)(H,25,26). The van der Waals surface area contributed by atoms with Crippen molar-refractivity contribution in [3.63, 3.8) is 0 Å². The Morgan fingerprint density at radius 1 is 1.18 bits per heavy atom. The third-order valence-electron chi connectivity index (χ3n) is 3.99. The molecule has 2 unspecified atom stereocenters. The molecule has 1 heterocycles. The van der Waals surface area contributed by atoms with Gasteiger partial charge in [-0.05, 0) is 18.9 Å². The van der Waals surface area contributed by atoms with Crippen LogP contribution in [0.3, 0.4) is 0 Å². The number of amides is 2. The topological polar surface area (TPSA) is 141 Å². The van der Waals surface area contributed by atoms with E-state index in [0.717, 1.165) is 12.0 Å². The number of aromatic amines is 1. The van der Waals surface area contributed by atoms with Crippen molar-refractivity contribution in [3.05, 3.63) is 53.6 Å². The monoisotopic (exact) mass is 386 g/mol. The van der Waals surface area contributed by atoms with Crippen molar-refractivity contribution in [3.8, 4) is 0 Å². The molecule has 9 heteroatoms. The van der Waals surface area contributed by atoms with Gasteiger partial charge in [0, 0.05) is 6.42 Å². The molecule has 0 bridgehead atoms. The van der Waals surface area contributed by atoms with E-state index in [4.69, 9.17) is 5.11 Å². The molecule has 0 radical (unpaired) electrons. The van der Waals surface area contributed by atoms with Crippen molar-refractivity contribution in [1.29, 1.82) is 0 Å². The van der Waals surface area contributed by atoms with Crippen LogP contribution in [0.2, 0.25) is 0 Å². The van der Waals surface area contributed by atoms with Crippen molar-refractivity contribution < 1.29 is 24.3 Å². The highest BCUT2D eigenvalue weighted by molar-refractivity contribution is 5.96. The van der Waals surface area contributed by atoms with E-state index in [-0.39, 0.29) is 5.69 Å². The third kappa shape index (κ3) is 6.35. The minimum absolute atomic E-state index is 0.209. The maximum atomic E-state index is 12.3. The predicted octanol–water partition coefficient (Wildman–Crippen LogP) is 0.472. The maximum Gasteiger partial charge on any atom is 0.305 e. The molecule has 2 atom stereocenters. The molecule has 4 N–H and O–H groups in total. The SMILES string of the molecule is CC(NC(=O)c1cnc(CCc2ccccc2)[nH]1)C(=O)NC(C=O)CC(=O)O. The number of carbonyl (C=O) groups excluding carboxylic acids is 3. The molecular weight excluding hydrogens is 364 g/mol. The van der Waals surface area contributed by atoms with Gasteiger partial charge in [0.15, 0.2) is 0 Å². The molecule has 0 spiro atoms. The lowest BCUT2D eigenvalue weighted by Crippen LogP contribution is -2.49. The minimum atomic E-state index is -1.21. The molecule has 1 aromatic heterocycles. The highest BCUT2D eigenvalue weighted by Crippen LogP contribution is 2.05. The summed E-state index contributed by atoms with van der Waals surface area (Å²) in [5.41, 5.74) is 1.36. The van der Waals surface area contributed by atoms with Crippen molar-refractivity contribution in [2.75, 3.05) is 0 Å². The molecule has 2 amide bonds. The summed E-state index contributed by atoms with van der Waals surface area (Å²) in [6.45, 7) is 1.43. The highest BCUT2D eigenvalue weighted by Gasteiger charge is 2.21. The number of carboxylic acid groups (broad SMARTS) is 1. The predicted molar refractivity (Wildman–Crippen MR) is 99.6 cm³/mol. The summed E-state index contributed by atoms with van der Waals surface area (Å²) in [4.78, 5) is 52.8. The van der Waals surface area contributed by atoms with E-state index in [2.05, 4.69) is 20.6 Å². The summed E-state index contributed by atoms with van der Waals surface area (Å²) < 4.78 is 0. The molecule has 28 heavy (non-hydrogen) atoms. The second kappa shape index (κ2) is 10.0. The van der Waals surface area contributed by atoms with E-state index in [1.54, 1.807) is 0 Å². The molecular formula is C19H22N4O5. The first kappa shape index (κ1) is 20.8. The number of carboxylic acids is 1. The smallest absolute Gasteiger partial charge is 0.305 e. The molecule has 148 valence electrons. The van der Waals surface area contributed by atoms with Crippen molar-refractivity contribution in [1.82, 2.24) is 20.6 Å².